The van der Waals surface area contributed by atoms with E-state index < -0.39 is 0 Å². The van der Waals surface area contributed by atoms with Crippen molar-refractivity contribution in [2.45, 2.75) is 115 Å². The molecule has 2 aliphatic rings. The number of carbonyl (C=O) groups is 2. The molecule has 42 heavy (non-hydrogen) atoms. The first-order valence-corrected chi connectivity index (χ1v) is 15.1. The van der Waals surface area contributed by atoms with Gasteiger partial charge < -0.3 is 20.1 Å². The molecular weight excluding hydrogens is 524 g/mol. The molecule has 0 aliphatic carbocycles. The quantitative estimate of drug-likeness (QED) is 0.311. The van der Waals surface area contributed by atoms with Gasteiger partial charge in [0.15, 0.2) is 0 Å². The van der Waals surface area contributed by atoms with E-state index in [1.54, 1.807) is 0 Å². The first kappa shape index (κ1) is 30.2. The molecule has 0 spiro atoms. The monoisotopic (exact) mass is 570 g/mol. The van der Waals surface area contributed by atoms with E-state index in [2.05, 4.69) is 72.1 Å². The van der Waals surface area contributed by atoms with Gasteiger partial charge in [-0.3, -0.25) is 0 Å². The first-order valence-electron chi connectivity index (χ1n) is 15.1. The zero-order chi connectivity index (χ0) is 30.5. The van der Waals surface area contributed by atoms with Gasteiger partial charge in [0.05, 0.1) is 11.1 Å². The van der Waals surface area contributed by atoms with Gasteiger partial charge >= 0.3 is 11.9 Å². The Morgan fingerprint density at radius 2 is 1.07 bits per heavy atom. The SMILES string of the molecule is CC1(C)CC(OC(=O)c2ccc(-c3cc(C(=O)OC4CC(C)(C)NC(C)(C)C4)cc4ccccc34)cc2)CC(C)(C)N1. The number of hydrogen-bond acceptors (Lipinski definition) is 6. The van der Waals surface area contributed by atoms with Crippen molar-refractivity contribution in [1.29, 1.82) is 0 Å². The van der Waals surface area contributed by atoms with Gasteiger partial charge in [-0.1, -0.05) is 36.4 Å². The van der Waals surface area contributed by atoms with Crippen LogP contribution < -0.4 is 10.6 Å². The molecule has 2 fully saturated rings. The molecule has 2 heterocycles. The molecule has 0 aromatic heterocycles. The van der Waals surface area contributed by atoms with Crippen LogP contribution in [0.25, 0.3) is 21.9 Å². The van der Waals surface area contributed by atoms with Gasteiger partial charge in [0.1, 0.15) is 12.2 Å². The van der Waals surface area contributed by atoms with Gasteiger partial charge in [0.2, 0.25) is 0 Å². The van der Waals surface area contributed by atoms with Crippen molar-refractivity contribution in [3.63, 3.8) is 0 Å². The van der Waals surface area contributed by atoms with Crippen molar-refractivity contribution in [2.75, 3.05) is 0 Å². The summed E-state index contributed by atoms with van der Waals surface area (Å²) in [6, 6.07) is 19.4. The molecule has 3 aromatic carbocycles. The van der Waals surface area contributed by atoms with Gasteiger partial charge in [0.25, 0.3) is 0 Å². The largest absolute Gasteiger partial charge is 0.459 e. The second kappa shape index (κ2) is 10.8. The van der Waals surface area contributed by atoms with Crippen molar-refractivity contribution in [3.8, 4) is 11.1 Å². The number of piperidine rings is 2. The minimum atomic E-state index is -0.312. The first-order chi connectivity index (χ1) is 19.5. The molecule has 0 amide bonds. The second-order valence-electron chi connectivity index (χ2n) is 15.0. The number of carbonyl (C=O) groups excluding carboxylic acids is 2. The lowest BCUT2D eigenvalue weighted by atomic mass is 9.81. The Balaban J connectivity index is 1.37. The molecule has 0 saturated carbocycles. The van der Waals surface area contributed by atoms with Crippen LogP contribution in [0.3, 0.4) is 0 Å². The summed E-state index contributed by atoms with van der Waals surface area (Å²) in [7, 11) is 0. The summed E-state index contributed by atoms with van der Waals surface area (Å²) in [6.45, 7) is 17.2. The molecule has 0 unspecified atom stereocenters. The highest BCUT2D eigenvalue weighted by Crippen LogP contribution is 2.34. The third-order valence-corrected chi connectivity index (χ3v) is 8.38. The third kappa shape index (κ3) is 7.04. The van der Waals surface area contributed by atoms with Gasteiger partial charge in [-0.2, -0.15) is 0 Å². The number of rotatable bonds is 5. The van der Waals surface area contributed by atoms with Gasteiger partial charge in [-0.15, -0.1) is 0 Å². The Bertz CT molecular complexity index is 1450. The predicted octanol–water partition coefficient (Wildman–Crippen LogP) is 7.44. The third-order valence-electron chi connectivity index (χ3n) is 8.38. The minimum absolute atomic E-state index is 0.107. The lowest BCUT2D eigenvalue weighted by Crippen LogP contribution is -2.59. The molecule has 0 radical (unpaired) electrons. The van der Waals surface area contributed by atoms with E-state index in [0.29, 0.717) is 11.1 Å². The summed E-state index contributed by atoms with van der Waals surface area (Å²) < 4.78 is 12.1. The van der Waals surface area contributed by atoms with Gasteiger partial charge in [-0.25, -0.2) is 9.59 Å². The minimum Gasteiger partial charge on any atom is -0.459 e. The summed E-state index contributed by atoms with van der Waals surface area (Å²) in [5.41, 5.74) is 2.43. The Labute approximate surface area is 250 Å². The Morgan fingerprint density at radius 3 is 1.57 bits per heavy atom. The number of nitrogens with one attached hydrogen (secondary N) is 2. The number of fused-ring (bicyclic) bond motifs is 1. The molecule has 6 nitrogen and oxygen atoms in total. The number of ether oxygens (including phenoxy) is 2. The molecule has 224 valence electrons. The average molecular weight is 571 g/mol. The van der Waals surface area contributed by atoms with Crippen LogP contribution in [-0.2, 0) is 9.47 Å². The molecule has 5 rings (SSSR count). The highest BCUT2D eigenvalue weighted by Gasteiger charge is 2.40. The summed E-state index contributed by atoms with van der Waals surface area (Å²) in [5.74, 6) is -0.622. The van der Waals surface area contributed by atoms with Crippen molar-refractivity contribution >= 4 is 22.7 Å². The molecular formula is C36H46N2O4. The highest BCUT2D eigenvalue weighted by molar-refractivity contribution is 6.03. The fourth-order valence-corrected chi connectivity index (χ4v) is 7.52. The van der Waals surface area contributed by atoms with Crippen molar-refractivity contribution in [3.05, 3.63) is 71.8 Å². The normalized spacial score (nSPS) is 21.5. The van der Waals surface area contributed by atoms with Crippen LogP contribution in [0.1, 0.15) is 102 Å². The van der Waals surface area contributed by atoms with Gasteiger partial charge in [-0.05, 0) is 102 Å². The van der Waals surface area contributed by atoms with Crippen LogP contribution in [0.5, 0.6) is 0 Å². The maximum atomic E-state index is 13.5. The van der Waals surface area contributed by atoms with Crippen LogP contribution in [0.15, 0.2) is 60.7 Å². The van der Waals surface area contributed by atoms with E-state index >= 15 is 0 Å². The van der Waals surface area contributed by atoms with E-state index in [1.807, 2.05) is 54.6 Å². The fraction of sp³-hybridized carbons (Fsp3) is 0.500. The zero-order valence-corrected chi connectivity index (χ0v) is 26.4. The van der Waals surface area contributed by atoms with Crippen LogP contribution in [-0.4, -0.2) is 46.3 Å². The predicted molar refractivity (Wildman–Crippen MR) is 169 cm³/mol. The standard InChI is InChI=1S/C36H46N2O4/c1-33(2)19-27(20-34(3,4)37-33)41-31(39)24-15-13-23(14-16-24)30-18-26(17-25-11-9-10-12-29(25)30)32(40)42-28-21-35(5,6)38-36(7,8)22-28/h9-18,27-28,37-38H,19-22H2,1-8H3. The highest BCUT2D eigenvalue weighted by atomic mass is 16.5. The smallest absolute Gasteiger partial charge is 0.338 e. The number of esters is 2. The summed E-state index contributed by atoms with van der Waals surface area (Å²) in [4.78, 5) is 26.6. The maximum Gasteiger partial charge on any atom is 0.338 e. The summed E-state index contributed by atoms with van der Waals surface area (Å²) in [6.07, 6.45) is 2.73. The van der Waals surface area contributed by atoms with Crippen LogP contribution >= 0.6 is 0 Å². The van der Waals surface area contributed by atoms with E-state index in [9.17, 15) is 9.59 Å². The molecule has 6 heteroatoms. The maximum absolute atomic E-state index is 13.5. The Hall–Kier alpha value is -3.22. The Kier molecular flexibility index (Phi) is 7.78. The molecule has 2 saturated heterocycles. The van der Waals surface area contributed by atoms with E-state index in [-0.39, 0.29) is 46.3 Å². The topological polar surface area (TPSA) is 76.7 Å². The summed E-state index contributed by atoms with van der Waals surface area (Å²) in [5, 5.41) is 9.28. The number of benzene rings is 3. The fourth-order valence-electron chi connectivity index (χ4n) is 7.52. The van der Waals surface area contributed by atoms with Gasteiger partial charge in [0, 0.05) is 47.8 Å². The number of hydrogen-bond donors (Lipinski definition) is 2. The van der Waals surface area contributed by atoms with Crippen molar-refractivity contribution < 1.29 is 19.1 Å². The molecule has 3 aromatic rings. The molecule has 2 N–H and O–H groups in total. The molecule has 0 atom stereocenters. The summed E-state index contributed by atoms with van der Waals surface area (Å²) >= 11 is 0. The zero-order valence-electron chi connectivity index (χ0n) is 26.4. The Morgan fingerprint density at radius 1 is 0.619 bits per heavy atom. The van der Waals surface area contributed by atoms with Crippen molar-refractivity contribution in [2.24, 2.45) is 0 Å². The van der Waals surface area contributed by atoms with E-state index in [1.165, 1.54) is 0 Å². The van der Waals surface area contributed by atoms with Crippen molar-refractivity contribution in [1.82, 2.24) is 10.6 Å². The lowest BCUT2D eigenvalue weighted by Gasteiger charge is -2.45. The van der Waals surface area contributed by atoms with Crippen LogP contribution in [0.2, 0.25) is 0 Å². The molecule has 0 bridgehead atoms. The lowest BCUT2D eigenvalue weighted by molar-refractivity contribution is -0.00764. The average Bonchev–Trinajstić information content (AvgIpc) is 2.84. The van der Waals surface area contributed by atoms with E-state index in [0.717, 1.165) is 47.6 Å². The van der Waals surface area contributed by atoms with Crippen LogP contribution in [0.4, 0.5) is 0 Å². The van der Waals surface area contributed by atoms with E-state index in [4.69, 9.17) is 9.47 Å². The van der Waals surface area contributed by atoms with Crippen LogP contribution in [0, 0.1) is 0 Å². The second-order valence-corrected chi connectivity index (χ2v) is 15.0. The molecule has 2 aliphatic heterocycles.